The average molecular weight is 377 g/mol. The van der Waals surface area contributed by atoms with E-state index in [0.29, 0.717) is 13.1 Å². The SMILES string of the molecule is Cc1ccc(NC(=O)[C@H]2CC(=O)N(Cc3ccco3)C2)c(Br)c1. The van der Waals surface area contributed by atoms with E-state index < -0.39 is 0 Å². The third-order valence-corrected chi connectivity index (χ3v) is 4.55. The fraction of sp³-hybridized carbons (Fsp3) is 0.294. The number of nitrogens with one attached hydrogen (secondary N) is 1. The smallest absolute Gasteiger partial charge is 0.229 e. The second kappa shape index (κ2) is 6.58. The van der Waals surface area contributed by atoms with Crippen LogP contribution in [0.2, 0.25) is 0 Å². The fourth-order valence-corrected chi connectivity index (χ4v) is 3.24. The van der Waals surface area contributed by atoms with E-state index in [-0.39, 0.29) is 24.2 Å². The number of likely N-dealkylation sites (tertiary alicyclic amines) is 1. The molecule has 23 heavy (non-hydrogen) atoms. The summed E-state index contributed by atoms with van der Waals surface area (Å²) in [5, 5.41) is 2.89. The fourth-order valence-electron chi connectivity index (χ4n) is 2.65. The molecule has 1 fully saturated rings. The Balaban J connectivity index is 1.63. The lowest BCUT2D eigenvalue weighted by atomic mass is 10.1. The molecule has 6 heteroatoms. The molecule has 1 aromatic heterocycles. The molecule has 3 rings (SSSR count). The molecular weight excluding hydrogens is 360 g/mol. The van der Waals surface area contributed by atoms with Crippen LogP contribution < -0.4 is 5.32 Å². The highest BCUT2D eigenvalue weighted by molar-refractivity contribution is 9.10. The molecule has 2 heterocycles. The molecule has 0 bridgehead atoms. The van der Waals surface area contributed by atoms with E-state index in [4.69, 9.17) is 4.42 Å². The van der Waals surface area contributed by atoms with Gasteiger partial charge in [0, 0.05) is 17.4 Å². The van der Waals surface area contributed by atoms with Crippen molar-refractivity contribution in [2.45, 2.75) is 19.9 Å². The van der Waals surface area contributed by atoms with Crippen molar-refractivity contribution < 1.29 is 14.0 Å². The van der Waals surface area contributed by atoms with Crippen molar-refractivity contribution in [2.24, 2.45) is 5.92 Å². The lowest BCUT2D eigenvalue weighted by molar-refractivity contribution is -0.128. The molecule has 0 radical (unpaired) electrons. The molecular formula is C17H17BrN2O3. The topological polar surface area (TPSA) is 62.6 Å². The van der Waals surface area contributed by atoms with E-state index >= 15 is 0 Å². The molecule has 0 spiro atoms. The van der Waals surface area contributed by atoms with Crippen LogP contribution in [0.4, 0.5) is 5.69 Å². The first-order chi connectivity index (χ1) is 11.0. The Kier molecular flexibility index (Phi) is 4.52. The number of nitrogens with zero attached hydrogens (tertiary/aromatic N) is 1. The monoisotopic (exact) mass is 376 g/mol. The standard InChI is InChI=1S/C17H17BrN2O3/c1-11-4-5-15(14(18)7-11)19-17(22)12-8-16(21)20(9-12)10-13-3-2-6-23-13/h2-7,12H,8-10H2,1H3,(H,19,22)/t12-/m0/s1. The van der Waals surface area contributed by atoms with Gasteiger partial charge in [0.2, 0.25) is 11.8 Å². The van der Waals surface area contributed by atoms with Crippen LogP contribution in [-0.2, 0) is 16.1 Å². The minimum absolute atomic E-state index is 0.0236. The van der Waals surface area contributed by atoms with Crippen LogP contribution in [0.3, 0.4) is 0 Å². The molecule has 0 unspecified atom stereocenters. The number of hydrogen-bond donors (Lipinski definition) is 1. The number of amides is 2. The van der Waals surface area contributed by atoms with Gasteiger partial charge in [-0.25, -0.2) is 0 Å². The van der Waals surface area contributed by atoms with Crippen LogP contribution in [-0.4, -0.2) is 23.3 Å². The second-order valence-electron chi connectivity index (χ2n) is 5.73. The number of anilines is 1. The first kappa shape index (κ1) is 15.8. The maximum Gasteiger partial charge on any atom is 0.229 e. The number of hydrogen-bond acceptors (Lipinski definition) is 3. The number of rotatable bonds is 4. The van der Waals surface area contributed by atoms with Gasteiger partial charge in [-0.1, -0.05) is 6.07 Å². The van der Waals surface area contributed by atoms with Gasteiger partial charge in [0.05, 0.1) is 24.4 Å². The number of carbonyl (C=O) groups excluding carboxylic acids is 2. The molecule has 0 saturated carbocycles. The van der Waals surface area contributed by atoms with Crippen LogP contribution in [0.5, 0.6) is 0 Å². The van der Waals surface area contributed by atoms with Gasteiger partial charge in [0.15, 0.2) is 0 Å². The summed E-state index contributed by atoms with van der Waals surface area (Å²) in [5.74, 6) is 0.223. The summed E-state index contributed by atoms with van der Waals surface area (Å²) < 4.78 is 6.10. The zero-order valence-electron chi connectivity index (χ0n) is 12.7. The molecule has 2 aromatic rings. The van der Waals surface area contributed by atoms with E-state index in [9.17, 15) is 9.59 Å². The van der Waals surface area contributed by atoms with Crippen molar-refractivity contribution >= 4 is 33.4 Å². The predicted molar refractivity (Wildman–Crippen MR) is 89.7 cm³/mol. The quantitative estimate of drug-likeness (QED) is 0.889. The lowest BCUT2D eigenvalue weighted by Crippen LogP contribution is -2.28. The van der Waals surface area contributed by atoms with Crippen molar-refractivity contribution in [3.8, 4) is 0 Å². The van der Waals surface area contributed by atoms with Crippen molar-refractivity contribution in [3.05, 3.63) is 52.4 Å². The zero-order valence-corrected chi connectivity index (χ0v) is 14.3. The lowest BCUT2D eigenvalue weighted by Gasteiger charge is -2.15. The van der Waals surface area contributed by atoms with Crippen LogP contribution in [0.1, 0.15) is 17.7 Å². The Bertz CT molecular complexity index is 727. The molecule has 1 aliphatic rings. The van der Waals surface area contributed by atoms with Gasteiger partial charge in [-0.05, 0) is 52.7 Å². The summed E-state index contributed by atoms with van der Waals surface area (Å²) in [4.78, 5) is 26.1. The molecule has 1 saturated heterocycles. The van der Waals surface area contributed by atoms with E-state index in [0.717, 1.165) is 21.5 Å². The maximum atomic E-state index is 12.4. The van der Waals surface area contributed by atoms with Gasteiger partial charge in [-0.2, -0.15) is 0 Å². The van der Waals surface area contributed by atoms with Crippen molar-refractivity contribution in [1.82, 2.24) is 4.90 Å². The molecule has 1 aliphatic heterocycles. The van der Waals surface area contributed by atoms with Crippen molar-refractivity contribution in [2.75, 3.05) is 11.9 Å². The number of aryl methyl sites for hydroxylation is 1. The molecule has 1 atom stereocenters. The van der Waals surface area contributed by atoms with Crippen LogP contribution >= 0.6 is 15.9 Å². The third-order valence-electron chi connectivity index (χ3n) is 3.89. The Labute approximate surface area is 142 Å². The van der Waals surface area contributed by atoms with Gasteiger partial charge in [-0.3, -0.25) is 9.59 Å². The van der Waals surface area contributed by atoms with Crippen molar-refractivity contribution in [3.63, 3.8) is 0 Å². The number of carbonyl (C=O) groups is 2. The minimum atomic E-state index is -0.342. The van der Waals surface area contributed by atoms with Crippen LogP contribution in [0.15, 0.2) is 45.5 Å². The molecule has 0 aliphatic carbocycles. The summed E-state index contributed by atoms with van der Waals surface area (Å²) in [5.41, 5.74) is 1.83. The summed E-state index contributed by atoms with van der Waals surface area (Å²) in [6, 6.07) is 9.34. The second-order valence-corrected chi connectivity index (χ2v) is 6.58. The summed E-state index contributed by atoms with van der Waals surface area (Å²) in [6.45, 7) is 2.80. The van der Waals surface area contributed by atoms with E-state index in [2.05, 4.69) is 21.2 Å². The zero-order chi connectivity index (χ0) is 16.4. The van der Waals surface area contributed by atoms with Crippen molar-refractivity contribution in [1.29, 1.82) is 0 Å². The summed E-state index contributed by atoms with van der Waals surface area (Å²) >= 11 is 3.44. The molecule has 1 N–H and O–H groups in total. The highest BCUT2D eigenvalue weighted by Gasteiger charge is 2.34. The summed E-state index contributed by atoms with van der Waals surface area (Å²) in [7, 11) is 0. The minimum Gasteiger partial charge on any atom is -0.467 e. The molecule has 1 aromatic carbocycles. The summed E-state index contributed by atoms with van der Waals surface area (Å²) in [6.07, 6.45) is 1.81. The largest absolute Gasteiger partial charge is 0.467 e. The third kappa shape index (κ3) is 3.64. The van der Waals surface area contributed by atoms with Gasteiger partial charge < -0.3 is 14.6 Å². The average Bonchev–Trinajstić information content (AvgIpc) is 3.13. The number of benzene rings is 1. The highest BCUT2D eigenvalue weighted by atomic mass is 79.9. The normalized spacial score (nSPS) is 17.6. The first-order valence-electron chi connectivity index (χ1n) is 7.40. The van der Waals surface area contributed by atoms with E-state index in [1.165, 1.54) is 0 Å². The van der Waals surface area contributed by atoms with E-state index in [1.54, 1.807) is 17.2 Å². The molecule has 5 nitrogen and oxygen atoms in total. The van der Waals surface area contributed by atoms with Gasteiger partial charge in [0.25, 0.3) is 0 Å². The van der Waals surface area contributed by atoms with Gasteiger partial charge in [-0.15, -0.1) is 0 Å². The Morgan fingerprint density at radius 2 is 2.26 bits per heavy atom. The van der Waals surface area contributed by atoms with Crippen LogP contribution in [0.25, 0.3) is 0 Å². The van der Waals surface area contributed by atoms with Crippen LogP contribution in [0, 0.1) is 12.8 Å². The Morgan fingerprint density at radius 3 is 2.96 bits per heavy atom. The molecule has 2 amide bonds. The van der Waals surface area contributed by atoms with Gasteiger partial charge in [0.1, 0.15) is 5.76 Å². The number of furan rings is 1. The van der Waals surface area contributed by atoms with Gasteiger partial charge >= 0.3 is 0 Å². The Hall–Kier alpha value is -2.08. The maximum absolute atomic E-state index is 12.4. The number of halogens is 1. The highest BCUT2D eigenvalue weighted by Crippen LogP contribution is 2.26. The van der Waals surface area contributed by atoms with E-state index in [1.807, 2.05) is 31.2 Å². The predicted octanol–water partition coefficient (Wildman–Crippen LogP) is 3.34. The first-order valence-corrected chi connectivity index (χ1v) is 8.19. The molecule has 120 valence electrons. The Morgan fingerprint density at radius 1 is 1.43 bits per heavy atom.